The van der Waals surface area contributed by atoms with E-state index in [2.05, 4.69) is 36.0 Å². The average Bonchev–Trinajstić information content (AvgIpc) is 4.36. The summed E-state index contributed by atoms with van der Waals surface area (Å²) >= 11 is 1.59. The number of hydrogen-bond acceptors (Lipinski definition) is 20. The van der Waals surface area contributed by atoms with Crippen molar-refractivity contribution in [2.75, 3.05) is 124 Å². The second kappa shape index (κ2) is 34.0. The molecule has 1 fully saturated rings. The van der Waals surface area contributed by atoms with Gasteiger partial charge in [-0.2, -0.15) is 5.10 Å². The van der Waals surface area contributed by atoms with Gasteiger partial charge in [0.1, 0.15) is 41.3 Å². The van der Waals surface area contributed by atoms with Crippen LogP contribution in [0.4, 0.5) is 5.69 Å². The summed E-state index contributed by atoms with van der Waals surface area (Å²) in [4.78, 5) is 80.5. The van der Waals surface area contributed by atoms with Crippen LogP contribution in [0.5, 0.6) is 5.75 Å². The van der Waals surface area contributed by atoms with E-state index < -0.39 is 23.4 Å². The number of aromatic nitrogens is 5. The lowest BCUT2D eigenvalue weighted by molar-refractivity contribution is -0.144. The first-order valence-corrected chi connectivity index (χ1v) is 29.0. The molecular formula is C59H77N9O15S. The largest absolute Gasteiger partial charge is 0.490 e. The number of benzene rings is 2. The number of oxazole rings is 1. The van der Waals surface area contributed by atoms with Crippen molar-refractivity contribution >= 4 is 51.8 Å². The van der Waals surface area contributed by atoms with E-state index in [0.717, 1.165) is 21.7 Å². The summed E-state index contributed by atoms with van der Waals surface area (Å²) in [5, 5.41) is 12.9. The van der Waals surface area contributed by atoms with Gasteiger partial charge in [-0.15, -0.1) is 11.3 Å². The molecule has 2 aromatic carbocycles. The molecule has 1 unspecified atom stereocenters. The zero-order chi connectivity index (χ0) is 59.5. The van der Waals surface area contributed by atoms with Gasteiger partial charge in [-0.3, -0.25) is 24.0 Å². The van der Waals surface area contributed by atoms with E-state index in [9.17, 15) is 24.0 Å². The molecule has 2 atom stereocenters. The van der Waals surface area contributed by atoms with Crippen molar-refractivity contribution in [1.82, 2.24) is 40.3 Å². The molecule has 84 heavy (non-hydrogen) atoms. The van der Waals surface area contributed by atoms with Crippen molar-refractivity contribution < 1.29 is 66.2 Å². The number of rotatable bonds is 37. The third-order valence-corrected chi connectivity index (χ3v) is 14.0. The third-order valence-electron chi connectivity index (χ3n) is 13.1. The van der Waals surface area contributed by atoms with Gasteiger partial charge in [0.15, 0.2) is 5.58 Å². The Morgan fingerprint density at radius 2 is 1.35 bits per heavy atom. The minimum atomic E-state index is -0.812. The summed E-state index contributed by atoms with van der Waals surface area (Å²) < 4.78 is 57.2. The summed E-state index contributed by atoms with van der Waals surface area (Å²) in [5.41, 5.74) is 6.13. The summed E-state index contributed by atoms with van der Waals surface area (Å²) in [6.45, 7) is 14.9. The van der Waals surface area contributed by atoms with Gasteiger partial charge in [-0.25, -0.2) is 19.6 Å². The number of thiazole rings is 1. The number of amides is 4. The number of ether oxygens (including phenoxy) is 9. The number of hydrogen-bond donors (Lipinski definition) is 3. The van der Waals surface area contributed by atoms with E-state index >= 15 is 0 Å². The highest BCUT2D eigenvalue weighted by Crippen LogP contribution is 2.29. The van der Waals surface area contributed by atoms with Gasteiger partial charge in [-0.1, -0.05) is 45.0 Å². The van der Waals surface area contributed by atoms with Crippen LogP contribution in [-0.4, -0.2) is 184 Å². The smallest absolute Gasteiger partial charge is 0.274 e. The van der Waals surface area contributed by atoms with Gasteiger partial charge in [0.2, 0.25) is 23.6 Å². The van der Waals surface area contributed by atoms with Gasteiger partial charge in [0.05, 0.1) is 128 Å². The number of nitrogens with zero attached hydrogens (tertiary/aromatic N) is 6. The van der Waals surface area contributed by atoms with Gasteiger partial charge < -0.3 is 67.9 Å². The standard InChI is InChI=1S/C59H77N9O15S/c1-41-53(84-40-62-41)43-10-8-42(9-11-43)38-61-56(72)49-7-6-19-68(49)58(73)54(59(2,3)4)65-51(69)18-20-74-21-22-75-23-24-76-25-26-77-27-28-78-29-30-79-31-32-80-33-34-81-35-36-82-45-13-14-46(60-39-45)55(71)63-44-12-16-50-48(37-44)64-57(83-50)47-15-17-52(70)67(5)66-47/h8-17,37,39-40,49,54H,6-7,18-36,38H2,1-5H3,(H,61,72)(H,63,71)(H,65,69)/t49-,54?/m0/s1. The van der Waals surface area contributed by atoms with Crippen molar-refractivity contribution in [2.24, 2.45) is 12.5 Å². The number of aryl methyl sites for hydroxylation is 2. The number of fused-ring (bicyclic) bond motifs is 1. The number of carbonyl (C=O) groups is 4. The predicted molar refractivity (Wildman–Crippen MR) is 312 cm³/mol. The molecule has 4 amide bonds. The van der Waals surface area contributed by atoms with E-state index in [4.69, 9.17) is 47.0 Å². The molecule has 24 nitrogen and oxygen atoms in total. The monoisotopic (exact) mass is 1180 g/mol. The van der Waals surface area contributed by atoms with Crippen molar-refractivity contribution in [3.8, 4) is 27.8 Å². The maximum Gasteiger partial charge on any atom is 0.274 e. The SMILES string of the molecule is Cc1ncsc1-c1ccc(CNC(=O)[C@@H]2CCCN2C(=O)C(NC(=O)CCOCCOCCOCCOCCOCCOCCOCCOCCOc2ccc(C(=O)Nc3ccc4oc(-c5ccc(=O)n(C)n5)nc4c3)nc2)C(C)(C)C)cc1. The molecule has 1 aliphatic heterocycles. The fourth-order valence-corrected chi connectivity index (χ4v) is 9.37. The lowest BCUT2D eigenvalue weighted by atomic mass is 9.85. The number of nitrogens with one attached hydrogen (secondary N) is 3. The van der Waals surface area contributed by atoms with Crippen LogP contribution in [0, 0.1) is 12.3 Å². The van der Waals surface area contributed by atoms with E-state index in [1.165, 1.54) is 23.0 Å². The lowest BCUT2D eigenvalue weighted by Gasteiger charge is -2.35. The van der Waals surface area contributed by atoms with Crippen LogP contribution in [0.1, 0.15) is 61.8 Å². The van der Waals surface area contributed by atoms with Crippen LogP contribution in [0.3, 0.4) is 0 Å². The number of likely N-dealkylation sites (tertiary alicyclic amines) is 1. The van der Waals surface area contributed by atoms with Crippen molar-refractivity contribution in [3.63, 3.8) is 0 Å². The van der Waals surface area contributed by atoms with Gasteiger partial charge in [-0.05, 0) is 72.7 Å². The molecule has 454 valence electrons. The van der Waals surface area contributed by atoms with Crippen LogP contribution < -0.4 is 26.2 Å². The Bertz CT molecular complexity index is 3060. The Hall–Kier alpha value is -7.07. The number of anilines is 1. The third kappa shape index (κ3) is 20.9. The molecule has 0 bridgehead atoms. The Kier molecular flexibility index (Phi) is 26.1. The van der Waals surface area contributed by atoms with Crippen LogP contribution in [0.25, 0.3) is 33.1 Å². The summed E-state index contributed by atoms with van der Waals surface area (Å²) in [7, 11) is 1.54. The summed E-state index contributed by atoms with van der Waals surface area (Å²) in [6.07, 6.45) is 2.81. The molecule has 0 spiro atoms. The summed E-state index contributed by atoms with van der Waals surface area (Å²) in [6, 6.07) is 17.8. The van der Waals surface area contributed by atoms with Crippen LogP contribution in [-0.2, 0) is 65.9 Å². The van der Waals surface area contributed by atoms with Crippen molar-refractivity contribution in [1.29, 1.82) is 0 Å². The highest BCUT2D eigenvalue weighted by molar-refractivity contribution is 7.13. The van der Waals surface area contributed by atoms with E-state index in [1.54, 1.807) is 53.6 Å². The van der Waals surface area contributed by atoms with Crippen LogP contribution in [0.2, 0.25) is 0 Å². The lowest BCUT2D eigenvalue weighted by Crippen LogP contribution is -2.57. The number of pyridine rings is 1. The molecule has 0 radical (unpaired) electrons. The van der Waals surface area contributed by atoms with E-state index in [-0.39, 0.29) is 54.5 Å². The molecule has 7 rings (SSSR count). The molecule has 5 heterocycles. The fraction of sp³-hybridized carbons (Fsp3) is 0.508. The van der Waals surface area contributed by atoms with Crippen LogP contribution in [0.15, 0.2) is 87.6 Å². The molecule has 25 heteroatoms. The minimum absolute atomic E-state index is 0.0740. The van der Waals surface area contributed by atoms with Crippen molar-refractivity contribution in [3.05, 3.63) is 106 Å². The van der Waals surface area contributed by atoms with Gasteiger partial charge in [0.25, 0.3) is 11.5 Å². The highest BCUT2D eigenvalue weighted by Gasteiger charge is 2.41. The first-order valence-electron chi connectivity index (χ1n) is 28.1. The summed E-state index contributed by atoms with van der Waals surface area (Å²) in [5.74, 6) is -0.442. The first-order chi connectivity index (χ1) is 40.7. The fourth-order valence-electron chi connectivity index (χ4n) is 8.56. The van der Waals surface area contributed by atoms with Crippen LogP contribution >= 0.6 is 11.3 Å². The zero-order valence-corrected chi connectivity index (χ0v) is 49.2. The molecule has 3 N–H and O–H groups in total. The Morgan fingerprint density at radius 1 is 0.738 bits per heavy atom. The molecule has 6 aromatic rings. The number of carbonyl (C=O) groups excluding carboxylic acids is 4. The Morgan fingerprint density at radius 3 is 1.90 bits per heavy atom. The average molecular weight is 1180 g/mol. The Balaban J connectivity index is 0.603. The topological polar surface area (TPSA) is 277 Å². The van der Waals surface area contributed by atoms with E-state index in [1.807, 2.05) is 57.5 Å². The minimum Gasteiger partial charge on any atom is -0.490 e. The maximum absolute atomic E-state index is 13.9. The normalized spacial score (nSPS) is 13.8. The molecule has 1 aliphatic rings. The molecule has 4 aromatic heterocycles. The zero-order valence-electron chi connectivity index (χ0n) is 48.4. The molecule has 0 aliphatic carbocycles. The van der Waals surface area contributed by atoms with Crippen molar-refractivity contribution in [2.45, 2.75) is 65.6 Å². The van der Waals surface area contributed by atoms with Gasteiger partial charge in [0, 0.05) is 38.3 Å². The second-order valence-electron chi connectivity index (χ2n) is 20.5. The second-order valence-corrected chi connectivity index (χ2v) is 21.3. The predicted octanol–water partition coefficient (Wildman–Crippen LogP) is 5.41. The van der Waals surface area contributed by atoms with E-state index in [0.29, 0.717) is 153 Å². The first kappa shape index (κ1) is 64.5. The highest BCUT2D eigenvalue weighted by atomic mass is 32.1. The van der Waals surface area contributed by atoms with Gasteiger partial charge >= 0.3 is 0 Å². The maximum atomic E-state index is 13.9. The molecule has 1 saturated heterocycles. The quantitative estimate of drug-likeness (QED) is 0.0411. The molecule has 0 saturated carbocycles. The Labute approximate surface area is 492 Å². The molecular weight excluding hydrogens is 1110 g/mol.